The van der Waals surface area contributed by atoms with Crippen LogP contribution < -0.4 is 5.32 Å². The molecule has 0 unspecified atom stereocenters. The number of nitrogens with one attached hydrogen (secondary N) is 1. The minimum absolute atomic E-state index is 0.0626. The Morgan fingerprint density at radius 2 is 2.09 bits per heavy atom. The van der Waals surface area contributed by atoms with Crippen molar-refractivity contribution in [2.75, 3.05) is 0 Å². The van der Waals surface area contributed by atoms with Crippen molar-refractivity contribution in [1.82, 2.24) is 15.5 Å². The average molecular weight is 344 g/mol. The standard InChI is InChI=1S/C14H15Cl2N3O3/c1-14(2,3)21-13(20)17-7-11-18-12(19-22-11)9-5-4-8(15)6-10(9)16/h4-6H,7H2,1-3H3,(H,17,20). The Bertz CT molecular complexity index is 680. The molecule has 0 atom stereocenters. The van der Waals surface area contributed by atoms with Gasteiger partial charge in [-0.25, -0.2) is 4.79 Å². The molecule has 8 heteroatoms. The maximum Gasteiger partial charge on any atom is 0.408 e. The van der Waals surface area contributed by atoms with Gasteiger partial charge in [-0.3, -0.25) is 0 Å². The molecule has 1 heterocycles. The zero-order chi connectivity index (χ0) is 16.3. The Morgan fingerprint density at radius 3 is 2.73 bits per heavy atom. The number of hydrogen-bond donors (Lipinski definition) is 1. The monoisotopic (exact) mass is 343 g/mol. The molecule has 1 aromatic carbocycles. The van der Waals surface area contributed by atoms with Crippen LogP contribution in [0.25, 0.3) is 11.4 Å². The molecular formula is C14H15Cl2N3O3. The lowest BCUT2D eigenvalue weighted by Gasteiger charge is -2.19. The maximum atomic E-state index is 11.5. The normalized spacial score (nSPS) is 11.3. The van der Waals surface area contributed by atoms with E-state index in [1.54, 1.807) is 39.0 Å². The molecule has 118 valence electrons. The summed E-state index contributed by atoms with van der Waals surface area (Å²) in [5.74, 6) is 0.564. The van der Waals surface area contributed by atoms with Crippen LogP contribution in [-0.2, 0) is 11.3 Å². The summed E-state index contributed by atoms with van der Waals surface area (Å²) in [7, 11) is 0. The third kappa shape index (κ3) is 4.61. The second-order valence-electron chi connectivity index (χ2n) is 5.49. The van der Waals surface area contributed by atoms with Gasteiger partial charge in [0, 0.05) is 10.6 Å². The fourth-order valence-electron chi connectivity index (χ4n) is 1.57. The SMILES string of the molecule is CC(C)(C)OC(=O)NCc1nc(-c2ccc(Cl)cc2Cl)no1. The van der Waals surface area contributed by atoms with E-state index >= 15 is 0 Å². The first-order valence-corrected chi connectivity index (χ1v) is 7.25. The number of ether oxygens (including phenoxy) is 1. The van der Waals surface area contributed by atoms with E-state index in [4.69, 9.17) is 32.5 Å². The van der Waals surface area contributed by atoms with E-state index in [2.05, 4.69) is 15.5 Å². The van der Waals surface area contributed by atoms with Crippen molar-refractivity contribution in [3.05, 3.63) is 34.1 Å². The van der Waals surface area contributed by atoms with Crippen LogP contribution in [0.15, 0.2) is 22.7 Å². The summed E-state index contributed by atoms with van der Waals surface area (Å²) in [5.41, 5.74) is 0.0271. The van der Waals surface area contributed by atoms with Crippen molar-refractivity contribution >= 4 is 29.3 Å². The molecule has 2 rings (SSSR count). The largest absolute Gasteiger partial charge is 0.444 e. The average Bonchev–Trinajstić information content (AvgIpc) is 2.83. The summed E-state index contributed by atoms with van der Waals surface area (Å²) in [6.45, 7) is 5.40. The van der Waals surface area contributed by atoms with Crippen molar-refractivity contribution in [3.8, 4) is 11.4 Å². The third-order valence-electron chi connectivity index (χ3n) is 2.42. The highest BCUT2D eigenvalue weighted by molar-refractivity contribution is 6.36. The van der Waals surface area contributed by atoms with Crippen molar-refractivity contribution in [2.45, 2.75) is 32.9 Å². The topological polar surface area (TPSA) is 77.2 Å². The van der Waals surface area contributed by atoms with Crippen LogP contribution >= 0.6 is 23.2 Å². The third-order valence-corrected chi connectivity index (χ3v) is 2.97. The van der Waals surface area contributed by atoms with E-state index in [-0.39, 0.29) is 12.4 Å². The highest BCUT2D eigenvalue weighted by Gasteiger charge is 2.17. The number of rotatable bonds is 3. The van der Waals surface area contributed by atoms with E-state index in [9.17, 15) is 4.79 Å². The first-order valence-electron chi connectivity index (χ1n) is 6.49. The number of nitrogens with zero attached hydrogens (tertiary/aromatic N) is 2. The number of benzene rings is 1. The highest BCUT2D eigenvalue weighted by Crippen LogP contribution is 2.28. The highest BCUT2D eigenvalue weighted by atomic mass is 35.5. The predicted molar refractivity (Wildman–Crippen MR) is 82.8 cm³/mol. The molecule has 1 aromatic heterocycles. The lowest BCUT2D eigenvalue weighted by molar-refractivity contribution is 0.0518. The summed E-state index contributed by atoms with van der Waals surface area (Å²) in [5, 5.41) is 7.29. The summed E-state index contributed by atoms with van der Waals surface area (Å²) in [6, 6.07) is 4.96. The molecule has 2 aromatic rings. The zero-order valence-electron chi connectivity index (χ0n) is 12.3. The van der Waals surface area contributed by atoms with Gasteiger partial charge in [0.15, 0.2) is 0 Å². The molecule has 0 aliphatic rings. The number of carbonyl (C=O) groups is 1. The lowest BCUT2D eigenvalue weighted by Crippen LogP contribution is -2.32. The van der Waals surface area contributed by atoms with Crippen LogP contribution in [0, 0.1) is 0 Å². The number of carbonyl (C=O) groups excluding carboxylic acids is 1. The number of alkyl carbamates (subject to hydrolysis) is 1. The fraction of sp³-hybridized carbons (Fsp3) is 0.357. The Hall–Kier alpha value is -1.79. The molecule has 22 heavy (non-hydrogen) atoms. The van der Waals surface area contributed by atoms with Crippen LogP contribution in [0.2, 0.25) is 10.0 Å². The number of hydrogen-bond acceptors (Lipinski definition) is 5. The Morgan fingerprint density at radius 1 is 1.36 bits per heavy atom. The minimum Gasteiger partial charge on any atom is -0.444 e. The molecule has 0 aliphatic heterocycles. The second-order valence-corrected chi connectivity index (χ2v) is 6.33. The number of halogens is 2. The molecule has 0 saturated heterocycles. The van der Waals surface area contributed by atoms with Crippen molar-refractivity contribution in [1.29, 1.82) is 0 Å². The van der Waals surface area contributed by atoms with Crippen molar-refractivity contribution < 1.29 is 14.1 Å². The number of amides is 1. The van der Waals surface area contributed by atoms with E-state index in [1.165, 1.54) is 0 Å². The quantitative estimate of drug-likeness (QED) is 0.908. The molecular weight excluding hydrogens is 329 g/mol. The van der Waals surface area contributed by atoms with Gasteiger partial charge in [-0.1, -0.05) is 28.4 Å². The molecule has 1 amide bonds. The van der Waals surface area contributed by atoms with Gasteiger partial charge in [-0.2, -0.15) is 4.98 Å². The molecule has 0 bridgehead atoms. The van der Waals surface area contributed by atoms with E-state index < -0.39 is 11.7 Å². The van der Waals surface area contributed by atoms with Crippen molar-refractivity contribution in [2.24, 2.45) is 0 Å². The summed E-state index contributed by atoms with van der Waals surface area (Å²) < 4.78 is 10.2. The van der Waals surface area contributed by atoms with Gasteiger partial charge in [-0.05, 0) is 39.0 Å². The van der Waals surface area contributed by atoms with Crippen molar-refractivity contribution in [3.63, 3.8) is 0 Å². The summed E-state index contributed by atoms with van der Waals surface area (Å²) in [6.07, 6.45) is -0.559. The Balaban J connectivity index is 2.01. The van der Waals surface area contributed by atoms with Gasteiger partial charge in [0.05, 0.1) is 5.02 Å². The molecule has 6 nitrogen and oxygen atoms in total. The van der Waals surface area contributed by atoms with E-state index in [0.717, 1.165) is 0 Å². The smallest absolute Gasteiger partial charge is 0.408 e. The first-order chi connectivity index (χ1) is 10.2. The molecule has 0 saturated carbocycles. The molecule has 0 spiro atoms. The predicted octanol–water partition coefficient (Wildman–Crippen LogP) is 4.07. The molecule has 0 fully saturated rings. The van der Waals surface area contributed by atoms with Gasteiger partial charge in [0.2, 0.25) is 11.7 Å². The van der Waals surface area contributed by atoms with Gasteiger partial charge in [-0.15, -0.1) is 0 Å². The molecule has 0 radical (unpaired) electrons. The molecule has 0 aliphatic carbocycles. The first kappa shape index (κ1) is 16.6. The van der Waals surface area contributed by atoms with E-state index in [1.807, 2.05) is 0 Å². The van der Waals surface area contributed by atoms with Crippen LogP contribution in [0.3, 0.4) is 0 Å². The van der Waals surface area contributed by atoms with Gasteiger partial charge in [0.1, 0.15) is 12.1 Å². The summed E-state index contributed by atoms with van der Waals surface area (Å²) in [4.78, 5) is 15.7. The van der Waals surface area contributed by atoms with Crippen LogP contribution in [-0.4, -0.2) is 21.8 Å². The molecule has 1 N–H and O–H groups in total. The fourth-order valence-corrected chi connectivity index (χ4v) is 2.06. The van der Waals surface area contributed by atoms with Gasteiger partial charge >= 0.3 is 6.09 Å². The maximum absolute atomic E-state index is 11.5. The zero-order valence-corrected chi connectivity index (χ0v) is 13.8. The lowest BCUT2D eigenvalue weighted by atomic mass is 10.2. The van der Waals surface area contributed by atoms with Gasteiger partial charge < -0.3 is 14.6 Å². The van der Waals surface area contributed by atoms with E-state index in [0.29, 0.717) is 21.4 Å². The number of aromatic nitrogens is 2. The summed E-state index contributed by atoms with van der Waals surface area (Å²) >= 11 is 11.9. The van der Waals surface area contributed by atoms with Crippen LogP contribution in [0.1, 0.15) is 26.7 Å². The Kier molecular flexibility index (Phi) is 4.93. The van der Waals surface area contributed by atoms with Crippen LogP contribution in [0.5, 0.6) is 0 Å². The van der Waals surface area contributed by atoms with Gasteiger partial charge in [0.25, 0.3) is 0 Å². The van der Waals surface area contributed by atoms with Crippen LogP contribution in [0.4, 0.5) is 4.79 Å². The Labute approximate surface area is 137 Å². The second kappa shape index (κ2) is 6.54. The minimum atomic E-state index is -0.569.